The van der Waals surface area contributed by atoms with Crippen LogP contribution in [-0.2, 0) is 14.4 Å². The first-order valence-corrected chi connectivity index (χ1v) is 3.62. The highest BCUT2D eigenvalue weighted by Gasteiger charge is 2.42. The largest absolute Gasteiger partial charge is 0.480 e. The number of ketones is 1. The van der Waals surface area contributed by atoms with Crippen LogP contribution in [0.2, 0.25) is 0 Å². The number of carboxylic acid groups (broad SMARTS) is 1. The molecular formula is C7H12N2O4. The van der Waals surface area contributed by atoms with Gasteiger partial charge in [0.15, 0.2) is 11.3 Å². The van der Waals surface area contributed by atoms with Gasteiger partial charge in [0.1, 0.15) is 6.29 Å². The van der Waals surface area contributed by atoms with E-state index in [-0.39, 0.29) is 6.29 Å². The van der Waals surface area contributed by atoms with E-state index in [1.165, 1.54) is 6.92 Å². The van der Waals surface area contributed by atoms with E-state index in [0.29, 0.717) is 0 Å². The molecule has 5 N–H and O–H groups in total. The minimum absolute atomic E-state index is 0.286. The van der Waals surface area contributed by atoms with Crippen LogP contribution < -0.4 is 11.5 Å². The molecular weight excluding hydrogens is 176 g/mol. The third-order valence-electron chi connectivity index (χ3n) is 1.64. The number of aliphatic carboxylic acids is 1. The molecule has 2 atom stereocenters. The Labute approximate surface area is 74.9 Å². The van der Waals surface area contributed by atoms with Crippen molar-refractivity contribution in [3.63, 3.8) is 0 Å². The lowest BCUT2D eigenvalue weighted by molar-refractivity contribution is -0.149. The fraction of sp³-hybridized carbons (Fsp3) is 0.571. The molecule has 0 saturated heterocycles. The molecule has 0 amide bonds. The summed E-state index contributed by atoms with van der Waals surface area (Å²) in [6.07, 6.45) is -0.281. The van der Waals surface area contributed by atoms with Gasteiger partial charge >= 0.3 is 5.97 Å². The quantitative estimate of drug-likeness (QED) is 0.348. The molecule has 0 rings (SSSR count). The van der Waals surface area contributed by atoms with Crippen LogP contribution in [0.4, 0.5) is 0 Å². The summed E-state index contributed by atoms with van der Waals surface area (Å²) in [6, 6.07) is -0.999. The second-order valence-corrected chi connectivity index (χ2v) is 2.80. The summed E-state index contributed by atoms with van der Waals surface area (Å²) in [5.41, 5.74) is 8.23. The van der Waals surface area contributed by atoms with Crippen molar-refractivity contribution in [3.8, 4) is 0 Å². The molecule has 0 aliphatic heterocycles. The van der Waals surface area contributed by atoms with Crippen LogP contribution in [0.3, 0.4) is 0 Å². The number of rotatable bonds is 5. The lowest BCUT2D eigenvalue weighted by Gasteiger charge is -2.22. The molecule has 0 aromatic rings. The standard InChI is InChI=1S/C7H12N2O4/c1-4(8)5(11)7(9,2-3-10)6(12)13/h3-4H,2,8-9H2,1H3,(H,12,13). The third-order valence-corrected chi connectivity index (χ3v) is 1.64. The van der Waals surface area contributed by atoms with Gasteiger partial charge in [-0.1, -0.05) is 0 Å². The molecule has 0 bridgehead atoms. The Bertz CT molecular complexity index is 239. The molecule has 0 fully saturated rings. The number of aldehydes is 1. The van der Waals surface area contributed by atoms with Crippen molar-refractivity contribution >= 4 is 18.0 Å². The maximum absolute atomic E-state index is 11.2. The Hall–Kier alpha value is -1.27. The molecule has 0 aromatic heterocycles. The van der Waals surface area contributed by atoms with E-state index in [2.05, 4.69) is 0 Å². The Morgan fingerprint density at radius 1 is 1.62 bits per heavy atom. The molecule has 0 aliphatic rings. The zero-order valence-corrected chi connectivity index (χ0v) is 7.19. The first kappa shape index (κ1) is 11.7. The average Bonchev–Trinajstić information content (AvgIpc) is 2.02. The topological polar surface area (TPSA) is 123 Å². The van der Waals surface area contributed by atoms with Crippen molar-refractivity contribution in [2.75, 3.05) is 0 Å². The number of carbonyl (C=O) groups is 3. The molecule has 6 nitrogen and oxygen atoms in total. The van der Waals surface area contributed by atoms with Crippen LogP contribution in [0.5, 0.6) is 0 Å². The maximum Gasteiger partial charge on any atom is 0.331 e. The van der Waals surface area contributed by atoms with E-state index in [4.69, 9.17) is 16.6 Å². The highest BCUT2D eigenvalue weighted by Crippen LogP contribution is 2.08. The highest BCUT2D eigenvalue weighted by molar-refractivity contribution is 6.11. The van der Waals surface area contributed by atoms with Crippen LogP contribution in [-0.4, -0.2) is 34.7 Å². The predicted octanol–water partition coefficient (Wildman–Crippen LogP) is -1.73. The van der Waals surface area contributed by atoms with Crippen molar-refractivity contribution < 1.29 is 19.5 Å². The summed E-state index contributed by atoms with van der Waals surface area (Å²) in [5, 5.41) is 8.62. The van der Waals surface area contributed by atoms with Gasteiger partial charge in [-0.3, -0.25) is 4.79 Å². The third kappa shape index (κ3) is 2.33. The van der Waals surface area contributed by atoms with Crippen molar-refractivity contribution in [2.24, 2.45) is 11.5 Å². The van der Waals surface area contributed by atoms with E-state index in [0.717, 1.165) is 0 Å². The van der Waals surface area contributed by atoms with Gasteiger partial charge < -0.3 is 21.4 Å². The van der Waals surface area contributed by atoms with Gasteiger partial charge in [0.25, 0.3) is 0 Å². The normalized spacial score (nSPS) is 17.2. The van der Waals surface area contributed by atoms with Crippen molar-refractivity contribution in [3.05, 3.63) is 0 Å². The number of carboxylic acids is 1. The molecule has 0 heterocycles. The second kappa shape index (κ2) is 4.11. The fourth-order valence-electron chi connectivity index (χ4n) is 0.831. The van der Waals surface area contributed by atoms with E-state index in [1.54, 1.807) is 0 Å². The Kier molecular flexibility index (Phi) is 3.70. The molecule has 0 saturated carbocycles. The summed E-state index contributed by atoms with van der Waals surface area (Å²) in [6.45, 7) is 1.32. The summed E-state index contributed by atoms with van der Waals surface area (Å²) in [7, 11) is 0. The molecule has 6 heteroatoms. The fourth-order valence-corrected chi connectivity index (χ4v) is 0.831. The van der Waals surface area contributed by atoms with Gasteiger partial charge in [0, 0.05) is 6.42 Å². The Morgan fingerprint density at radius 2 is 2.08 bits per heavy atom. The minimum atomic E-state index is -2.18. The summed E-state index contributed by atoms with van der Waals surface area (Å²) >= 11 is 0. The van der Waals surface area contributed by atoms with Crippen molar-refractivity contribution in [1.29, 1.82) is 0 Å². The number of hydrogen-bond acceptors (Lipinski definition) is 5. The smallest absolute Gasteiger partial charge is 0.331 e. The van der Waals surface area contributed by atoms with Crippen LogP contribution in [0.15, 0.2) is 0 Å². The Balaban J connectivity index is 4.89. The minimum Gasteiger partial charge on any atom is -0.480 e. The molecule has 0 radical (unpaired) electrons. The molecule has 74 valence electrons. The highest BCUT2D eigenvalue weighted by atomic mass is 16.4. The second-order valence-electron chi connectivity index (χ2n) is 2.80. The van der Waals surface area contributed by atoms with Gasteiger partial charge in [-0.05, 0) is 6.92 Å². The SMILES string of the molecule is CC(N)C(=O)C(N)(CC=O)C(=O)O. The van der Waals surface area contributed by atoms with Gasteiger partial charge in [0.2, 0.25) is 0 Å². The van der Waals surface area contributed by atoms with Gasteiger partial charge in [0.05, 0.1) is 6.04 Å². The summed E-state index contributed by atoms with van der Waals surface area (Å²) in [5.74, 6) is -2.39. The van der Waals surface area contributed by atoms with Crippen molar-refractivity contribution in [1.82, 2.24) is 0 Å². The van der Waals surface area contributed by atoms with Crippen LogP contribution >= 0.6 is 0 Å². The summed E-state index contributed by atoms with van der Waals surface area (Å²) < 4.78 is 0. The zero-order valence-electron chi connectivity index (χ0n) is 7.19. The lowest BCUT2D eigenvalue weighted by Crippen LogP contribution is -2.59. The Morgan fingerprint density at radius 3 is 2.31 bits per heavy atom. The summed E-state index contributed by atoms with van der Waals surface area (Å²) in [4.78, 5) is 31.9. The lowest BCUT2D eigenvalue weighted by atomic mass is 9.88. The van der Waals surface area contributed by atoms with E-state index in [1.807, 2.05) is 0 Å². The number of Topliss-reactive ketones (excluding diaryl/α,β-unsaturated/α-hetero) is 1. The van der Waals surface area contributed by atoms with Crippen LogP contribution in [0, 0.1) is 0 Å². The first-order chi connectivity index (χ1) is 5.86. The first-order valence-electron chi connectivity index (χ1n) is 3.62. The van der Waals surface area contributed by atoms with Crippen LogP contribution in [0.25, 0.3) is 0 Å². The molecule has 0 spiro atoms. The molecule has 2 unspecified atom stereocenters. The molecule has 0 aromatic carbocycles. The van der Waals surface area contributed by atoms with Gasteiger partial charge in [-0.2, -0.15) is 0 Å². The maximum atomic E-state index is 11.2. The van der Waals surface area contributed by atoms with Crippen molar-refractivity contribution in [2.45, 2.75) is 24.9 Å². The van der Waals surface area contributed by atoms with Gasteiger partial charge in [-0.15, -0.1) is 0 Å². The van der Waals surface area contributed by atoms with Gasteiger partial charge in [-0.25, -0.2) is 4.79 Å². The zero-order chi connectivity index (χ0) is 10.6. The van der Waals surface area contributed by atoms with E-state index < -0.39 is 29.8 Å². The number of carbonyl (C=O) groups excluding carboxylic acids is 2. The number of hydrogen-bond donors (Lipinski definition) is 3. The molecule has 0 aliphatic carbocycles. The number of nitrogens with two attached hydrogens (primary N) is 2. The monoisotopic (exact) mass is 188 g/mol. The van der Waals surface area contributed by atoms with E-state index in [9.17, 15) is 14.4 Å². The van der Waals surface area contributed by atoms with Crippen LogP contribution in [0.1, 0.15) is 13.3 Å². The average molecular weight is 188 g/mol. The predicted molar refractivity (Wildman–Crippen MR) is 43.9 cm³/mol. The molecule has 13 heavy (non-hydrogen) atoms. The van der Waals surface area contributed by atoms with E-state index >= 15 is 0 Å².